The maximum Gasteiger partial charge on any atom is 0.336 e. The van der Waals surface area contributed by atoms with Crippen LogP contribution in [-0.2, 0) is 0 Å². The molecule has 1 aromatic carbocycles. The lowest BCUT2D eigenvalue weighted by molar-refractivity contribution is 0.0651. The molecule has 1 aromatic rings. The molecule has 15 heavy (non-hydrogen) atoms. The Labute approximate surface area is 84.3 Å². The Balaban J connectivity index is 3.45. The highest BCUT2D eigenvalue weighted by Crippen LogP contribution is 2.29. The molecule has 0 fully saturated rings. The van der Waals surface area contributed by atoms with Gasteiger partial charge in [0, 0.05) is 0 Å². The summed E-state index contributed by atoms with van der Waals surface area (Å²) in [5, 5.41) is 26.7. The van der Waals surface area contributed by atoms with Crippen molar-refractivity contribution < 1.29 is 29.6 Å². The average Bonchev–Trinajstić information content (AvgIpc) is 2.16. The van der Waals surface area contributed by atoms with Gasteiger partial charge in [-0.2, -0.15) is 0 Å². The maximum atomic E-state index is 10.7. The van der Waals surface area contributed by atoms with Crippen LogP contribution in [0, 0.1) is 0 Å². The van der Waals surface area contributed by atoms with Gasteiger partial charge in [0.25, 0.3) is 0 Å². The molecule has 0 aliphatic heterocycles. The van der Waals surface area contributed by atoms with Crippen LogP contribution in [0.5, 0.6) is 11.5 Å². The van der Waals surface area contributed by atoms with Gasteiger partial charge < -0.3 is 20.1 Å². The number of aromatic hydroxyl groups is 1. The summed E-state index contributed by atoms with van der Waals surface area (Å²) in [5.41, 5.74) is -0.919. The van der Waals surface area contributed by atoms with E-state index in [-0.39, 0.29) is 5.75 Å². The molecule has 80 valence electrons. The fourth-order valence-corrected chi connectivity index (χ4v) is 1.09. The van der Waals surface area contributed by atoms with E-state index in [1.165, 1.54) is 7.11 Å². The molecule has 0 spiro atoms. The molecule has 6 heteroatoms. The first-order valence-corrected chi connectivity index (χ1v) is 3.85. The molecular weight excluding hydrogens is 204 g/mol. The molecule has 3 N–H and O–H groups in total. The molecular formula is C9H8O6. The van der Waals surface area contributed by atoms with Crippen molar-refractivity contribution in [3.8, 4) is 11.5 Å². The van der Waals surface area contributed by atoms with Crippen LogP contribution in [0.2, 0.25) is 0 Å². The number of ether oxygens (including phenoxy) is 1. The smallest absolute Gasteiger partial charge is 0.336 e. The molecule has 0 saturated heterocycles. The van der Waals surface area contributed by atoms with E-state index in [0.29, 0.717) is 0 Å². The van der Waals surface area contributed by atoms with Crippen LogP contribution in [0.25, 0.3) is 0 Å². The van der Waals surface area contributed by atoms with Crippen molar-refractivity contribution in [1.82, 2.24) is 0 Å². The molecule has 0 bridgehead atoms. The minimum Gasteiger partial charge on any atom is -0.504 e. The number of benzene rings is 1. The standard InChI is InChI=1S/C9H8O6/c1-15-7-3-5(9(13)14)4(8(11)12)2-6(7)10/h2-3,10H,1H3,(H,11,12)(H,13,14). The third kappa shape index (κ3) is 1.98. The van der Waals surface area contributed by atoms with Crippen LogP contribution < -0.4 is 4.74 Å². The second kappa shape index (κ2) is 3.87. The quantitative estimate of drug-likeness (QED) is 0.684. The molecule has 0 radical (unpaired) electrons. The molecule has 0 saturated carbocycles. The zero-order valence-corrected chi connectivity index (χ0v) is 7.72. The van der Waals surface area contributed by atoms with Gasteiger partial charge in [0.1, 0.15) is 0 Å². The van der Waals surface area contributed by atoms with Crippen molar-refractivity contribution in [2.24, 2.45) is 0 Å². The topological polar surface area (TPSA) is 104 Å². The average molecular weight is 212 g/mol. The first kappa shape index (κ1) is 10.8. The van der Waals surface area contributed by atoms with E-state index in [9.17, 15) is 14.7 Å². The number of hydrogen-bond donors (Lipinski definition) is 3. The number of aromatic carboxylic acids is 2. The summed E-state index contributed by atoms with van der Waals surface area (Å²) in [6, 6.07) is 1.80. The van der Waals surface area contributed by atoms with Crippen LogP contribution in [-0.4, -0.2) is 34.4 Å². The van der Waals surface area contributed by atoms with Gasteiger partial charge in [-0.05, 0) is 12.1 Å². The van der Waals surface area contributed by atoms with Crippen molar-refractivity contribution in [2.75, 3.05) is 7.11 Å². The minimum absolute atomic E-state index is 0.0857. The Morgan fingerprint density at radius 2 is 1.60 bits per heavy atom. The highest BCUT2D eigenvalue weighted by Gasteiger charge is 2.19. The lowest BCUT2D eigenvalue weighted by Crippen LogP contribution is -2.08. The summed E-state index contributed by atoms with van der Waals surface area (Å²) < 4.78 is 4.66. The van der Waals surface area contributed by atoms with E-state index >= 15 is 0 Å². The zero-order chi connectivity index (χ0) is 11.6. The van der Waals surface area contributed by atoms with E-state index in [4.69, 9.17) is 10.2 Å². The predicted octanol–water partition coefficient (Wildman–Crippen LogP) is 0.797. The van der Waals surface area contributed by atoms with Crippen LogP contribution in [0.4, 0.5) is 0 Å². The van der Waals surface area contributed by atoms with Gasteiger partial charge in [0.05, 0.1) is 18.2 Å². The van der Waals surface area contributed by atoms with Gasteiger partial charge in [-0.25, -0.2) is 9.59 Å². The van der Waals surface area contributed by atoms with Crippen molar-refractivity contribution in [3.63, 3.8) is 0 Å². The number of methoxy groups -OCH3 is 1. The molecule has 1 rings (SSSR count). The van der Waals surface area contributed by atoms with Gasteiger partial charge in [0.2, 0.25) is 0 Å². The fraction of sp³-hybridized carbons (Fsp3) is 0.111. The third-order valence-electron chi connectivity index (χ3n) is 1.78. The van der Waals surface area contributed by atoms with Crippen LogP contribution >= 0.6 is 0 Å². The fourth-order valence-electron chi connectivity index (χ4n) is 1.09. The predicted molar refractivity (Wildman–Crippen MR) is 48.6 cm³/mol. The third-order valence-corrected chi connectivity index (χ3v) is 1.78. The van der Waals surface area contributed by atoms with Gasteiger partial charge >= 0.3 is 11.9 Å². The molecule has 6 nitrogen and oxygen atoms in total. The van der Waals surface area contributed by atoms with Crippen LogP contribution in [0.3, 0.4) is 0 Å². The summed E-state index contributed by atoms with van der Waals surface area (Å²) in [4.78, 5) is 21.4. The largest absolute Gasteiger partial charge is 0.504 e. The second-order valence-corrected chi connectivity index (χ2v) is 2.68. The Bertz CT molecular complexity index is 423. The minimum atomic E-state index is -1.43. The number of carboxylic acids is 2. The second-order valence-electron chi connectivity index (χ2n) is 2.68. The number of rotatable bonds is 3. The first-order chi connectivity index (χ1) is 6.97. The number of carbonyl (C=O) groups is 2. The molecule has 0 heterocycles. The Morgan fingerprint density at radius 1 is 1.13 bits per heavy atom. The first-order valence-electron chi connectivity index (χ1n) is 3.85. The molecule has 0 amide bonds. The van der Waals surface area contributed by atoms with Gasteiger partial charge in [-0.1, -0.05) is 0 Å². The van der Waals surface area contributed by atoms with Crippen LogP contribution in [0.15, 0.2) is 12.1 Å². The normalized spacial score (nSPS) is 9.67. The Kier molecular flexibility index (Phi) is 2.80. The number of phenolic OH excluding ortho intramolecular Hbond substituents is 1. The lowest BCUT2D eigenvalue weighted by Gasteiger charge is -2.07. The molecule has 0 unspecified atom stereocenters. The Morgan fingerprint density at radius 3 is 2.00 bits per heavy atom. The number of hydrogen-bond acceptors (Lipinski definition) is 4. The monoisotopic (exact) mass is 212 g/mol. The highest BCUT2D eigenvalue weighted by molar-refractivity contribution is 6.02. The highest BCUT2D eigenvalue weighted by atomic mass is 16.5. The molecule has 0 aliphatic rings. The maximum absolute atomic E-state index is 10.7. The SMILES string of the molecule is COc1cc(C(=O)O)c(C(=O)O)cc1O. The van der Waals surface area contributed by atoms with E-state index < -0.39 is 28.8 Å². The van der Waals surface area contributed by atoms with Crippen molar-refractivity contribution >= 4 is 11.9 Å². The number of carboxylic acid groups (broad SMARTS) is 2. The van der Waals surface area contributed by atoms with Crippen LogP contribution in [0.1, 0.15) is 20.7 Å². The van der Waals surface area contributed by atoms with Crippen molar-refractivity contribution in [1.29, 1.82) is 0 Å². The molecule has 0 aromatic heterocycles. The summed E-state index contributed by atoms with van der Waals surface area (Å²) in [5.74, 6) is -3.33. The summed E-state index contributed by atoms with van der Waals surface area (Å²) in [7, 11) is 1.24. The van der Waals surface area contributed by atoms with E-state index in [0.717, 1.165) is 12.1 Å². The molecule has 0 aliphatic carbocycles. The van der Waals surface area contributed by atoms with E-state index in [1.54, 1.807) is 0 Å². The van der Waals surface area contributed by atoms with Crippen molar-refractivity contribution in [2.45, 2.75) is 0 Å². The summed E-state index contributed by atoms with van der Waals surface area (Å²) in [6.45, 7) is 0. The van der Waals surface area contributed by atoms with Gasteiger partial charge in [-0.15, -0.1) is 0 Å². The van der Waals surface area contributed by atoms with Crippen molar-refractivity contribution in [3.05, 3.63) is 23.3 Å². The lowest BCUT2D eigenvalue weighted by atomic mass is 10.1. The summed E-state index contributed by atoms with van der Waals surface area (Å²) in [6.07, 6.45) is 0. The number of phenols is 1. The molecule has 0 atom stereocenters. The van der Waals surface area contributed by atoms with Gasteiger partial charge in [-0.3, -0.25) is 0 Å². The van der Waals surface area contributed by atoms with Gasteiger partial charge in [0.15, 0.2) is 11.5 Å². The van der Waals surface area contributed by atoms with E-state index in [1.807, 2.05) is 0 Å². The Hall–Kier alpha value is -2.24. The zero-order valence-electron chi connectivity index (χ0n) is 7.72. The van der Waals surface area contributed by atoms with E-state index in [2.05, 4.69) is 4.74 Å². The summed E-state index contributed by atoms with van der Waals surface area (Å²) >= 11 is 0.